The fourth-order valence-electron chi connectivity index (χ4n) is 3.98. The monoisotopic (exact) mass is 473 g/mol. The number of carbonyl (C=O) groups excluding carboxylic acids is 1. The average molecular weight is 474 g/mol. The third-order valence-corrected chi connectivity index (χ3v) is 5.83. The number of nitrogens with one attached hydrogen (secondary N) is 1. The van der Waals surface area contributed by atoms with Gasteiger partial charge in [-0.25, -0.2) is 0 Å². The molecule has 8 heteroatoms. The molecule has 0 radical (unpaired) electrons. The van der Waals surface area contributed by atoms with Crippen molar-refractivity contribution < 1.29 is 14.6 Å². The Labute approximate surface area is 205 Å². The van der Waals surface area contributed by atoms with Crippen LogP contribution in [0.15, 0.2) is 48.5 Å². The summed E-state index contributed by atoms with van der Waals surface area (Å²) in [6.45, 7) is 6.98. The molecule has 182 valence electrons. The third-order valence-electron chi connectivity index (χ3n) is 5.83. The van der Waals surface area contributed by atoms with Gasteiger partial charge in [-0.3, -0.25) is 9.69 Å². The van der Waals surface area contributed by atoms with Gasteiger partial charge in [-0.05, 0) is 43.7 Å². The summed E-state index contributed by atoms with van der Waals surface area (Å²) in [5.41, 5.74) is 1.59. The van der Waals surface area contributed by atoms with Crippen molar-refractivity contribution >= 4 is 5.91 Å². The van der Waals surface area contributed by atoms with Crippen LogP contribution >= 0.6 is 0 Å². The number of hydrogen-bond donors (Lipinski definition) is 2. The zero-order valence-corrected chi connectivity index (χ0v) is 20.4. The van der Waals surface area contributed by atoms with Crippen molar-refractivity contribution in [3.63, 3.8) is 0 Å². The van der Waals surface area contributed by atoms with Crippen LogP contribution in [-0.2, 0) is 26.1 Å². The molecule has 35 heavy (non-hydrogen) atoms. The van der Waals surface area contributed by atoms with Crippen molar-refractivity contribution in [2.45, 2.75) is 45.5 Å². The molecule has 0 fully saturated rings. The van der Waals surface area contributed by atoms with E-state index in [-0.39, 0.29) is 5.91 Å². The maximum atomic E-state index is 12.6. The highest BCUT2D eigenvalue weighted by Gasteiger charge is 2.20. The molecule has 1 aromatic heterocycles. The summed E-state index contributed by atoms with van der Waals surface area (Å²) in [6, 6.07) is 15.3. The van der Waals surface area contributed by atoms with Gasteiger partial charge in [-0.1, -0.05) is 36.1 Å². The van der Waals surface area contributed by atoms with Crippen molar-refractivity contribution in [1.29, 1.82) is 0 Å². The molecule has 3 aromatic rings. The minimum absolute atomic E-state index is 0.203. The number of aromatic nitrogens is 3. The number of para-hydroxylation sites is 1. The maximum absolute atomic E-state index is 12.6. The van der Waals surface area contributed by atoms with Crippen molar-refractivity contribution in [1.82, 2.24) is 25.0 Å². The highest BCUT2D eigenvalue weighted by atomic mass is 16.5. The van der Waals surface area contributed by atoms with E-state index in [0.29, 0.717) is 17.9 Å². The molecule has 2 N–H and O–H groups in total. The quantitative estimate of drug-likeness (QED) is 0.534. The van der Waals surface area contributed by atoms with Crippen molar-refractivity contribution in [2.75, 3.05) is 20.2 Å². The lowest BCUT2D eigenvalue weighted by Gasteiger charge is -2.19. The number of hydrogen-bond acceptors (Lipinski definition) is 6. The third kappa shape index (κ3) is 6.47. The lowest BCUT2D eigenvalue weighted by Crippen LogP contribution is -2.28. The molecule has 4 rings (SSSR count). The Kier molecular flexibility index (Phi) is 7.49. The minimum Gasteiger partial charge on any atom is -0.496 e. The molecule has 0 atom stereocenters. The smallest absolute Gasteiger partial charge is 0.255 e. The van der Waals surface area contributed by atoms with Crippen molar-refractivity contribution in [2.24, 2.45) is 0 Å². The van der Waals surface area contributed by atoms with Crippen LogP contribution in [0.5, 0.6) is 5.75 Å². The summed E-state index contributed by atoms with van der Waals surface area (Å²) in [4.78, 5) is 15.0. The molecule has 2 heterocycles. The van der Waals surface area contributed by atoms with Crippen LogP contribution in [0.3, 0.4) is 0 Å². The first kappa shape index (κ1) is 24.5. The fourth-order valence-corrected chi connectivity index (χ4v) is 3.98. The molecule has 1 aliphatic heterocycles. The number of amides is 1. The zero-order chi connectivity index (χ0) is 24.8. The molecule has 0 unspecified atom stereocenters. The summed E-state index contributed by atoms with van der Waals surface area (Å²) in [5.74, 6) is 7.87. The second kappa shape index (κ2) is 10.7. The van der Waals surface area contributed by atoms with Gasteiger partial charge < -0.3 is 19.7 Å². The first-order valence-corrected chi connectivity index (χ1v) is 11.7. The molecule has 1 aliphatic rings. The van der Waals surface area contributed by atoms with E-state index in [9.17, 15) is 9.90 Å². The molecule has 0 saturated heterocycles. The summed E-state index contributed by atoms with van der Waals surface area (Å²) in [6.07, 6.45) is 0.794. The van der Waals surface area contributed by atoms with Gasteiger partial charge in [0, 0.05) is 38.2 Å². The molecule has 0 spiro atoms. The molecular formula is C27H31N5O3. The highest BCUT2D eigenvalue weighted by molar-refractivity contribution is 5.96. The molecule has 2 aromatic carbocycles. The van der Waals surface area contributed by atoms with E-state index in [1.54, 1.807) is 33.1 Å². The van der Waals surface area contributed by atoms with Crippen LogP contribution in [0.1, 0.15) is 47.0 Å². The number of benzene rings is 2. The van der Waals surface area contributed by atoms with Gasteiger partial charge in [0.2, 0.25) is 0 Å². The molecule has 0 aliphatic carbocycles. The highest BCUT2D eigenvalue weighted by Crippen LogP contribution is 2.17. The van der Waals surface area contributed by atoms with Crippen LogP contribution in [0, 0.1) is 11.8 Å². The van der Waals surface area contributed by atoms with Crippen molar-refractivity contribution in [3.05, 3.63) is 76.9 Å². The largest absolute Gasteiger partial charge is 0.496 e. The minimum atomic E-state index is -1.000. The first-order chi connectivity index (χ1) is 16.8. The summed E-state index contributed by atoms with van der Waals surface area (Å²) in [5, 5.41) is 21.4. The first-order valence-electron chi connectivity index (χ1n) is 11.7. The lowest BCUT2D eigenvalue weighted by atomic mass is 10.1. The number of methoxy groups -OCH3 is 1. The fraction of sp³-hybridized carbons (Fsp3) is 0.370. The van der Waals surface area contributed by atoms with Crippen LogP contribution in [-0.4, -0.2) is 56.5 Å². The Morgan fingerprint density at radius 3 is 2.63 bits per heavy atom. The number of rotatable bonds is 6. The summed E-state index contributed by atoms with van der Waals surface area (Å²) in [7, 11) is 1.55. The van der Waals surface area contributed by atoms with Crippen LogP contribution in [0.2, 0.25) is 0 Å². The van der Waals surface area contributed by atoms with Gasteiger partial charge in [0.25, 0.3) is 5.91 Å². The number of carbonyl (C=O) groups is 1. The predicted molar refractivity (Wildman–Crippen MR) is 133 cm³/mol. The molecule has 0 bridgehead atoms. The second-order valence-corrected chi connectivity index (χ2v) is 9.10. The molecule has 0 saturated carbocycles. The SMILES string of the molecule is COc1ccccc1C(=O)NCc1nnc2n1CCN(Cc1ccc(C#CC(C)(C)O)cc1)CC2. The zero-order valence-electron chi connectivity index (χ0n) is 20.4. The van der Waals surface area contributed by atoms with E-state index in [4.69, 9.17) is 4.74 Å². The second-order valence-electron chi connectivity index (χ2n) is 9.10. The normalized spacial score (nSPS) is 13.8. The Hall–Kier alpha value is -3.67. The van der Waals surface area contributed by atoms with E-state index in [2.05, 4.69) is 49.0 Å². The van der Waals surface area contributed by atoms with Crippen LogP contribution in [0.25, 0.3) is 0 Å². The number of nitrogens with zero attached hydrogens (tertiary/aromatic N) is 4. The van der Waals surface area contributed by atoms with Crippen molar-refractivity contribution in [3.8, 4) is 17.6 Å². The van der Waals surface area contributed by atoms with Gasteiger partial charge >= 0.3 is 0 Å². The van der Waals surface area contributed by atoms with Gasteiger partial charge in [-0.15, -0.1) is 10.2 Å². The molecular weight excluding hydrogens is 442 g/mol. The Morgan fingerprint density at radius 1 is 1.11 bits per heavy atom. The predicted octanol–water partition coefficient (Wildman–Crippen LogP) is 2.40. The summed E-state index contributed by atoms with van der Waals surface area (Å²) >= 11 is 0. The number of fused-ring (bicyclic) bond motifs is 1. The Morgan fingerprint density at radius 2 is 1.89 bits per heavy atom. The summed E-state index contributed by atoms with van der Waals surface area (Å²) < 4.78 is 7.40. The lowest BCUT2D eigenvalue weighted by molar-refractivity contribution is 0.0946. The van der Waals surface area contributed by atoms with Crippen LogP contribution in [0.4, 0.5) is 0 Å². The Bertz CT molecular complexity index is 1230. The standard InChI is InChI=1S/C27H31N5O3/c1-27(2,34)14-12-20-8-10-21(11-9-20)19-31-15-13-24-29-30-25(32(24)17-16-31)18-28-26(33)22-6-4-5-7-23(22)35-3/h4-11,34H,13,15-19H2,1-3H3,(H,28,33). The van der Waals surface area contributed by atoms with Gasteiger partial charge in [0.15, 0.2) is 5.82 Å². The van der Waals surface area contributed by atoms with E-state index in [1.807, 2.05) is 24.3 Å². The maximum Gasteiger partial charge on any atom is 0.255 e. The van der Waals surface area contributed by atoms with Gasteiger partial charge in [0.05, 0.1) is 19.2 Å². The Balaban J connectivity index is 1.34. The number of ether oxygens (including phenoxy) is 1. The van der Waals surface area contributed by atoms with Crippen LogP contribution < -0.4 is 10.1 Å². The number of aliphatic hydroxyl groups is 1. The van der Waals surface area contributed by atoms with Gasteiger partial charge in [0.1, 0.15) is 17.2 Å². The van der Waals surface area contributed by atoms with E-state index >= 15 is 0 Å². The van der Waals surface area contributed by atoms with E-state index in [0.717, 1.165) is 49.8 Å². The van der Waals surface area contributed by atoms with E-state index in [1.165, 1.54) is 5.56 Å². The van der Waals surface area contributed by atoms with E-state index < -0.39 is 5.60 Å². The van der Waals surface area contributed by atoms with Gasteiger partial charge in [-0.2, -0.15) is 0 Å². The average Bonchev–Trinajstić information content (AvgIpc) is 3.13. The molecule has 1 amide bonds. The molecule has 8 nitrogen and oxygen atoms in total. The topological polar surface area (TPSA) is 92.5 Å².